The van der Waals surface area contributed by atoms with Crippen molar-refractivity contribution >= 4 is 26.9 Å². The van der Waals surface area contributed by atoms with E-state index in [0.717, 1.165) is 5.75 Å². The maximum atomic E-state index is 5.27. The van der Waals surface area contributed by atoms with Gasteiger partial charge in [-0.05, 0) is 12.1 Å². The number of benzene rings is 1. The molecule has 1 aromatic rings. The fourth-order valence-electron chi connectivity index (χ4n) is 0.598. The van der Waals surface area contributed by atoms with Gasteiger partial charge in [0.05, 0.1) is 8.88 Å². The van der Waals surface area contributed by atoms with Crippen LogP contribution in [-0.2, 0) is 0 Å². The Balaban J connectivity index is 2.33. The van der Waals surface area contributed by atoms with E-state index >= 15 is 0 Å². The Morgan fingerprint density at radius 2 is 2.17 bits per heavy atom. The normalized spacial score (nSPS) is 11.4. The van der Waals surface area contributed by atoms with Crippen LogP contribution in [0.4, 0.5) is 0 Å². The minimum Gasteiger partial charge on any atom is -0.423 e. The highest BCUT2D eigenvalue weighted by molar-refractivity contribution is 7.48. The van der Waals surface area contributed by atoms with E-state index < -0.39 is 0 Å². The third kappa shape index (κ3) is 4.09. The molecule has 0 saturated carbocycles. The number of nitrogens with one attached hydrogen (secondary N) is 1. The zero-order valence-corrected chi connectivity index (χ0v) is 9.32. The van der Waals surface area contributed by atoms with E-state index in [2.05, 4.69) is 18.8 Å². The molecule has 0 heterocycles. The van der Waals surface area contributed by atoms with Crippen molar-refractivity contribution in [3.8, 4) is 5.75 Å². The van der Waals surface area contributed by atoms with E-state index in [0.29, 0.717) is 17.5 Å². The molecule has 12 heavy (non-hydrogen) atoms. The summed E-state index contributed by atoms with van der Waals surface area (Å²) in [5.41, 5.74) is 0. The van der Waals surface area contributed by atoms with Crippen LogP contribution in [0.25, 0.3) is 0 Å². The Labute approximate surface area is 77.4 Å². The molecule has 1 aromatic carbocycles. The molecule has 0 saturated heterocycles. The minimum absolute atomic E-state index is 0.367. The minimum atomic E-state index is 0.367. The lowest BCUT2D eigenvalue weighted by atomic mass is 10.3. The predicted molar refractivity (Wildman–Crippen MR) is 57.6 cm³/mol. The first kappa shape index (κ1) is 10.0. The predicted octanol–water partition coefficient (Wildman–Crippen LogP) is 3.00. The van der Waals surface area contributed by atoms with E-state index in [4.69, 9.17) is 4.52 Å². The van der Waals surface area contributed by atoms with Gasteiger partial charge >= 0.3 is 0 Å². The van der Waals surface area contributed by atoms with Crippen LogP contribution in [0.1, 0.15) is 0 Å². The molecule has 0 aliphatic carbocycles. The van der Waals surface area contributed by atoms with Crippen molar-refractivity contribution in [2.75, 3.05) is 0 Å². The van der Waals surface area contributed by atoms with Gasteiger partial charge in [0.2, 0.25) is 8.60 Å². The molecule has 0 amide bonds. The molecule has 0 aliphatic heterocycles. The summed E-state index contributed by atoms with van der Waals surface area (Å²) >= 11 is 0. The van der Waals surface area contributed by atoms with Crippen molar-refractivity contribution in [1.82, 2.24) is 4.86 Å². The van der Waals surface area contributed by atoms with Crippen LogP contribution in [0.15, 0.2) is 34.8 Å². The largest absolute Gasteiger partial charge is 0.423 e. The Morgan fingerprint density at radius 1 is 1.42 bits per heavy atom. The second-order valence-corrected chi connectivity index (χ2v) is 4.37. The number of hydrogen-bond acceptors (Lipinski definition) is 3. The Morgan fingerprint density at radius 3 is 2.83 bits per heavy atom. The lowest BCUT2D eigenvalue weighted by Crippen LogP contribution is -1.72. The molecule has 3 nitrogen and oxygen atoms in total. The van der Waals surface area contributed by atoms with Crippen LogP contribution in [0.2, 0.25) is 0 Å². The van der Waals surface area contributed by atoms with E-state index in [-0.39, 0.29) is 0 Å². The van der Waals surface area contributed by atoms with Crippen molar-refractivity contribution in [1.29, 1.82) is 0 Å². The van der Waals surface area contributed by atoms with Crippen LogP contribution in [0, 0.1) is 0 Å². The SMILES string of the molecule is PNP/N=P/Oc1ccccc1. The van der Waals surface area contributed by atoms with Crippen LogP contribution in [0.3, 0.4) is 0 Å². The summed E-state index contributed by atoms with van der Waals surface area (Å²) in [5, 5.41) is 0. The second-order valence-electron chi connectivity index (χ2n) is 1.84. The zero-order valence-electron chi connectivity index (χ0n) is 6.27. The quantitative estimate of drug-likeness (QED) is 0.788. The van der Waals surface area contributed by atoms with Gasteiger partial charge in [-0.2, -0.15) is 4.52 Å². The molecular formula is C6H9N2OP3. The van der Waals surface area contributed by atoms with Gasteiger partial charge in [0.25, 0.3) is 0 Å². The van der Waals surface area contributed by atoms with E-state index in [1.807, 2.05) is 30.3 Å². The molecule has 0 bridgehead atoms. The fourth-order valence-corrected chi connectivity index (χ4v) is 1.89. The van der Waals surface area contributed by atoms with Crippen molar-refractivity contribution in [2.45, 2.75) is 0 Å². The summed E-state index contributed by atoms with van der Waals surface area (Å²) in [7, 11) is 3.39. The summed E-state index contributed by atoms with van der Waals surface area (Å²) in [4.78, 5) is 2.84. The molecule has 0 aliphatic rings. The Bertz CT molecular complexity index is 242. The number of para-hydroxylation sites is 1. The maximum absolute atomic E-state index is 5.27. The third-order valence-electron chi connectivity index (χ3n) is 1.04. The number of nitrogens with zero attached hydrogens (tertiary/aromatic N) is 1. The second kappa shape index (κ2) is 6.46. The summed E-state index contributed by atoms with van der Waals surface area (Å²) in [6.45, 7) is 0. The molecule has 0 fully saturated rings. The highest BCUT2D eigenvalue weighted by Crippen LogP contribution is 2.20. The van der Waals surface area contributed by atoms with Gasteiger partial charge in [0.1, 0.15) is 5.75 Å². The molecule has 0 aromatic heterocycles. The average Bonchev–Trinajstić information content (AvgIpc) is 2.14. The molecule has 2 atom stereocenters. The average molecular weight is 218 g/mol. The highest BCUT2D eigenvalue weighted by atomic mass is 31.1. The molecule has 2 unspecified atom stereocenters. The van der Waals surface area contributed by atoms with Crippen molar-refractivity contribution < 1.29 is 4.52 Å². The summed E-state index contributed by atoms with van der Waals surface area (Å²) < 4.78 is 9.30. The first-order valence-corrected chi connectivity index (χ1v) is 5.55. The van der Waals surface area contributed by atoms with Gasteiger partial charge in [-0.1, -0.05) is 27.6 Å². The van der Waals surface area contributed by atoms with Gasteiger partial charge in [-0.25, -0.2) is 0 Å². The lowest BCUT2D eigenvalue weighted by molar-refractivity contribution is 0.639. The van der Waals surface area contributed by atoms with Gasteiger partial charge < -0.3 is 4.52 Å². The van der Waals surface area contributed by atoms with Gasteiger partial charge in [0.15, 0.2) is 0 Å². The van der Waals surface area contributed by atoms with Gasteiger partial charge in [-0.15, -0.1) is 0 Å². The lowest BCUT2D eigenvalue weighted by Gasteiger charge is -1.94. The fraction of sp³-hybridized carbons (Fsp3) is 0. The van der Waals surface area contributed by atoms with Gasteiger partial charge in [0, 0.05) is 0 Å². The summed E-state index contributed by atoms with van der Waals surface area (Å²) in [6, 6.07) is 9.62. The molecule has 1 N–H and O–H groups in total. The molecule has 6 heteroatoms. The summed E-state index contributed by atoms with van der Waals surface area (Å²) in [6.07, 6.45) is 0. The first-order valence-electron chi connectivity index (χ1n) is 3.26. The number of hydrogen-bond donors (Lipinski definition) is 1. The molecule has 64 valence electrons. The third-order valence-corrected chi connectivity index (χ3v) is 2.58. The van der Waals surface area contributed by atoms with Crippen LogP contribution in [0.5, 0.6) is 5.75 Å². The summed E-state index contributed by atoms with van der Waals surface area (Å²) in [5.74, 6) is 0.844. The molecule has 1 rings (SSSR count). The van der Waals surface area contributed by atoms with Crippen molar-refractivity contribution in [3.63, 3.8) is 0 Å². The number of rotatable bonds is 4. The monoisotopic (exact) mass is 218 g/mol. The molecule has 0 spiro atoms. The Kier molecular flexibility index (Phi) is 5.39. The maximum Gasteiger partial charge on any atom is 0.247 e. The Hall–Kier alpha value is -0.0600. The van der Waals surface area contributed by atoms with E-state index in [9.17, 15) is 0 Å². The smallest absolute Gasteiger partial charge is 0.247 e. The molecular weight excluding hydrogens is 209 g/mol. The van der Waals surface area contributed by atoms with E-state index in [1.165, 1.54) is 0 Å². The van der Waals surface area contributed by atoms with Crippen LogP contribution < -0.4 is 9.38 Å². The van der Waals surface area contributed by atoms with Gasteiger partial charge in [-0.3, -0.25) is 4.86 Å². The zero-order chi connectivity index (χ0) is 8.65. The standard InChI is InChI=1S/C6H9N2OP3/c10-7-11-8-12-9-6-4-2-1-3-5-6/h1-5,7,11H,10H2. The molecule has 0 radical (unpaired) electrons. The topological polar surface area (TPSA) is 33.6 Å². The first-order chi connectivity index (χ1) is 5.93. The van der Waals surface area contributed by atoms with Crippen molar-refractivity contribution in [2.24, 2.45) is 4.52 Å². The van der Waals surface area contributed by atoms with E-state index in [1.54, 1.807) is 0 Å². The highest BCUT2D eigenvalue weighted by Gasteiger charge is 1.86. The van der Waals surface area contributed by atoms with Crippen LogP contribution in [-0.4, -0.2) is 0 Å². The van der Waals surface area contributed by atoms with Crippen molar-refractivity contribution in [3.05, 3.63) is 30.3 Å². The van der Waals surface area contributed by atoms with Crippen LogP contribution >= 0.6 is 26.9 Å².